The summed E-state index contributed by atoms with van der Waals surface area (Å²) in [4.78, 5) is 0. The van der Waals surface area contributed by atoms with Crippen LogP contribution in [0.25, 0.3) is 58.8 Å². The van der Waals surface area contributed by atoms with E-state index in [-0.39, 0.29) is 25.4 Å². The van der Waals surface area contributed by atoms with Crippen molar-refractivity contribution in [3.63, 3.8) is 0 Å². The highest BCUT2D eigenvalue weighted by Crippen LogP contribution is 2.46. The number of para-hydroxylation sites is 1. The number of hydrogen-bond donors (Lipinski definition) is 0. The average Bonchev–Trinajstić information content (AvgIpc) is 1.08. The van der Waals surface area contributed by atoms with E-state index in [0.717, 1.165) is 16.2 Å². The molecule has 0 radical (unpaired) electrons. The molecule has 0 spiro atoms. The third-order valence-corrected chi connectivity index (χ3v) is 16.9. The maximum absolute atomic E-state index is 10.7. The maximum atomic E-state index is 10.7. The Labute approximate surface area is 390 Å². The molecule has 2 heterocycles. The van der Waals surface area contributed by atoms with Crippen molar-refractivity contribution in [2.24, 2.45) is 0 Å². The monoisotopic (exact) mass is 820 g/mol. The fourth-order valence-corrected chi connectivity index (χ4v) is 13.5. The molecule has 1 nitrogen and oxygen atoms in total. The molecule has 0 N–H and O–H groups in total. The van der Waals surface area contributed by atoms with E-state index in [4.69, 9.17) is 17.8 Å². The lowest BCUT2D eigenvalue weighted by atomic mass is 9.63. The van der Waals surface area contributed by atoms with E-state index in [1.54, 1.807) is 12.1 Å². The van der Waals surface area contributed by atoms with Gasteiger partial charge in [-0.25, -0.2) is 0 Å². The highest BCUT2D eigenvalue weighted by Gasteiger charge is 2.44. The number of benzene rings is 8. The molecule has 1 aliphatic rings. The maximum Gasteiger partial charge on any atom is 0.179 e. The molecule has 286 valence electrons. The van der Waals surface area contributed by atoms with E-state index in [0.29, 0.717) is 29.7 Å². The second-order valence-corrected chi connectivity index (χ2v) is 20.5. The van der Waals surface area contributed by atoms with Crippen LogP contribution in [0.15, 0.2) is 187 Å². The van der Waals surface area contributed by atoms with Crippen molar-refractivity contribution < 1.29 is 37.0 Å². The van der Waals surface area contributed by atoms with Crippen molar-refractivity contribution in [1.29, 1.82) is 0 Å². The molecular weight excluding hydrogens is 747 g/mol. The van der Waals surface area contributed by atoms with Gasteiger partial charge in [0, 0.05) is 36.6 Å². The first-order chi connectivity index (χ1) is 40.0. The van der Waals surface area contributed by atoms with Gasteiger partial charge in [-0.1, -0.05) is 179 Å². The zero-order chi connectivity index (χ0) is 63.4. The number of hydrogen-bond acceptors (Lipinski definition) is 1. The summed E-state index contributed by atoms with van der Waals surface area (Å²) in [6.45, 7) is 7.87. The van der Waals surface area contributed by atoms with E-state index in [1.165, 1.54) is 6.07 Å². The Hall–Kier alpha value is -6.00. The van der Waals surface area contributed by atoms with Crippen LogP contribution in [0.4, 0.5) is 0 Å². The van der Waals surface area contributed by atoms with Crippen molar-refractivity contribution in [1.82, 2.24) is 4.57 Å². The number of aromatic nitrogens is 1. The van der Waals surface area contributed by atoms with Crippen molar-refractivity contribution in [2.75, 3.05) is 0 Å². The number of thiophene rings is 1. The third-order valence-electron chi connectivity index (χ3n) is 11.6. The average molecular weight is 821 g/mol. The fraction of sp³-hybridized carbons (Fsp3) is 0.143. The summed E-state index contributed by atoms with van der Waals surface area (Å²) in [6.07, 6.45) is 1.25. The SMILES string of the molecule is [2H]c1cc([2H])c2c3c([2H])c(-c4c([2H])c([2H])c([2H])c5c4sc4c([2H])c([2H])c([2H])c([2H])c45)c([2H])c([2H])c3n(-c3c([2H])c([2H])c([2H])c([Si](c4ccc5c(c4)C(C)(C)CCC5(C)C)(c4c([2H])c([2H])c([2H])c([2H])c4[2H])c4c([2H])c([2H])c([2H])c([2H])c4[2H])c3[2H])c2c1[2H]. The second-order valence-electron chi connectivity index (χ2n) is 15.9. The van der Waals surface area contributed by atoms with Crippen LogP contribution in [0.2, 0.25) is 0 Å². The largest absolute Gasteiger partial charge is 0.309 e. The molecule has 1 aliphatic carbocycles. The Morgan fingerprint density at radius 2 is 1.19 bits per heavy atom. The van der Waals surface area contributed by atoms with Crippen LogP contribution in [0, 0.1) is 0 Å². The molecule has 3 heteroatoms. The minimum atomic E-state index is -5.77. The Bertz CT molecular complexity index is 4680. The third kappa shape index (κ3) is 5.55. The lowest BCUT2D eigenvalue weighted by molar-refractivity contribution is 0.332. The predicted molar refractivity (Wildman–Crippen MR) is 258 cm³/mol. The summed E-state index contributed by atoms with van der Waals surface area (Å²) in [6, 6.07) is -17.2. The first-order valence-corrected chi connectivity index (χ1v) is 21.7. The van der Waals surface area contributed by atoms with Crippen LogP contribution in [-0.2, 0) is 10.8 Å². The Balaban J connectivity index is 1.41. The van der Waals surface area contributed by atoms with Gasteiger partial charge >= 0.3 is 0 Å². The minimum absolute atomic E-state index is 0.0821. The van der Waals surface area contributed by atoms with E-state index in [1.807, 2.05) is 27.7 Å². The summed E-state index contributed by atoms with van der Waals surface area (Å²) in [7, 11) is -5.77. The zero-order valence-electron chi connectivity index (χ0n) is 59.1. The molecule has 0 fully saturated rings. The predicted octanol–water partition coefficient (Wildman–Crippen LogP) is 12.5. The molecule has 10 aromatic rings. The van der Waals surface area contributed by atoms with Gasteiger partial charge in [-0.05, 0) is 103 Å². The first-order valence-electron chi connectivity index (χ1n) is 32.4. The lowest BCUT2D eigenvalue weighted by Crippen LogP contribution is -2.75. The molecule has 11 rings (SSSR count). The highest BCUT2D eigenvalue weighted by molar-refractivity contribution is 7.26. The number of rotatable bonds is 6. The number of nitrogens with zero attached hydrogens (tertiary/aromatic N) is 1. The second kappa shape index (κ2) is 13.5. The van der Waals surface area contributed by atoms with Crippen LogP contribution in [0.1, 0.15) is 88.7 Å². The molecule has 0 bridgehead atoms. The van der Waals surface area contributed by atoms with Gasteiger partial charge in [0.2, 0.25) is 0 Å². The van der Waals surface area contributed by atoms with Crippen molar-refractivity contribution in [3.05, 3.63) is 199 Å². The normalized spacial score (nSPS) is 21.3. The van der Waals surface area contributed by atoms with E-state index >= 15 is 0 Å². The summed E-state index contributed by atoms with van der Waals surface area (Å²) in [5.41, 5.74) is -2.91. The van der Waals surface area contributed by atoms with Gasteiger partial charge in [0.05, 0.1) is 48.0 Å². The van der Waals surface area contributed by atoms with Gasteiger partial charge < -0.3 is 4.57 Å². The van der Waals surface area contributed by atoms with Crippen molar-refractivity contribution in [3.8, 4) is 16.8 Å². The lowest BCUT2D eigenvalue weighted by Gasteiger charge is -2.43. The Morgan fingerprint density at radius 1 is 0.525 bits per heavy atom. The minimum Gasteiger partial charge on any atom is -0.309 e. The molecule has 0 atom stereocenters. The molecular formula is C56H47NSSi. The molecule has 0 aliphatic heterocycles. The van der Waals surface area contributed by atoms with Gasteiger partial charge in [0.15, 0.2) is 8.07 Å². The van der Waals surface area contributed by atoms with Gasteiger partial charge in [-0.3, -0.25) is 0 Å². The molecule has 8 aromatic carbocycles. The molecule has 0 saturated heterocycles. The van der Waals surface area contributed by atoms with Crippen LogP contribution < -0.4 is 20.7 Å². The van der Waals surface area contributed by atoms with Crippen molar-refractivity contribution in [2.45, 2.75) is 51.4 Å². The highest BCUT2D eigenvalue weighted by atomic mass is 32.1. The molecule has 0 amide bonds. The zero-order valence-corrected chi connectivity index (χ0v) is 33.9. The van der Waals surface area contributed by atoms with Crippen LogP contribution in [0.3, 0.4) is 0 Å². The molecule has 59 heavy (non-hydrogen) atoms. The Kier molecular flexibility index (Phi) is 4.05. The van der Waals surface area contributed by atoms with Gasteiger partial charge in [-0.15, -0.1) is 11.3 Å². The number of fused-ring (bicyclic) bond motifs is 7. The summed E-state index contributed by atoms with van der Waals surface area (Å²) in [5.74, 6) is 0. The van der Waals surface area contributed by atoms with Crippen LogP contribution in [-0.4, -0.2) is 12.6 Å². The molecule has 0 unspecified atom stereocenters. The standard InChI is InChI=1S/C56H47NSSi/c1-55(2)33-34-56(3,4)50-37-43(30-31-49(50)55)59(40-18-7-5-8-19-40,41-20-9-6-10-21-41)42-22-15-17-39(36-42)57-51-27-13-11-23-45(51)48-35-38(29-32-52(48)57)44-25-16-26-47-46-24-12-14-28-53(46)58-54(44)47/h5-32,35-37H,33-34H2,1-4H3/i5D,6D,7D,8D,9D,10D,12D,13D,14D,15D,16D,17D,18D,19D,20D,21D,22D,23D,24D,25D,26D,27D,28D,29D,32D,35D,36D. The summed E-state index contributed by atoms with van der Waals surface area (Å²) < 4.78 is 254. The van der Waals surface area contributed by atoms with E-state index < -0.39 is 236 Å². The quantitative estimate of drug-likeness (QED) is 0.116. The van der Waals surface area contributed by atoms with Crippen LogP contribution in [0.5, 0.6) is 0 Å². The van der Waals surface area contributed by atoms with Gasteiger partial charge in [0.25, 0.3) is 0 Å². The Morgan fingerprint density at radius 3 is 1.97 bits per heavy atom. The summed E-state index contributed by atoms with van der Waals surface area (Å²) >= 11 is 0.682. The first kappa shape index (κ1) is 17.7. The fourth-order valence-electron chi connectivity index (χ4n) is 8.55. The molecule has 2 aromatic heterocycles. The van der Waals surface area contributed by atoms with Crippen LogP contribution >= 0.6 is 11.3 Å². The molecule has 0 saturated carbocycles. The van der Waals surface area contributed by atoms with Gasteiger partial charge in [0.1, 0.15) is 0 Å². The summed E-state index contributed by atoms with van der Waals surface area (Å²) in [5, 5.41) is -3.61. The smallest absolute Gasteiger partial charge is 0.179 e. The van der Waals surface area contributed by atoms with E-state index in [2.05, 4.69) is 0 Å². The van der Waals surface area contributed by atoms with Crippen molar-refractivity contribution >= 4 is 82.1 Å². The van der Waals surface area contributed by atoms with Gasteiger partial charge in [-0.2, -0.15) is 0 Å². The van der Waals surface area contributed by atoms with E-state index in [9.17, 15) is 19.2 Å². The topological polar surface area (TPSA) is 4.93 Å².